The van der Waals surface area contributed by atoms with Crippen LogP contribution in [0.3, 0.4) is 0 Å². The number of carbonyl (C=O) groups excluding carboxylic acids is 3. The van der Waals surface area contributed by atoms with E-state index in [9.17, 15) is 14.4 Å². The second-order valence-corrected chi connectivity index (χ2v) is 6.47. The first kappa shape index (κ1) is 20.5. The Morgan fingerprint density at radius 3 is 2.22 bits per heavy atom. The normalized spacial score (nSPS) is 11.3. The molecule has 27 heavy (non-hydrogen) atoms. The van der Waals surface area contributed by atoms with Crippen molar-refractivity contribution < 1.29 is 23.9 Å². The summed E-state index contributed by atoms with van der Waals surface area (Å²) >= 11 is 0.938. The highest BCUT2D eigenvalue weighted by molar-refractivity contribution is 8.14. The Kier molecular flexibility index (Phi) is 8.38. The molecule has 1 amide bonds. The zero-order valence-corrected chi connectivity index (χ0v) is 15.7. The third kappa shape index (κ3) is 7.15. The van der Waals surface area contributed by atoms with Crippen LogP contribution in [0.5, 0.6) is 0 Å². The number of alkyl carbamates (subject to hydrolysis) is 1. The van der Waals surface area contributed by atoms with Gasteiger partial charge in [-0.2, -0.15) is 0 Å². The number of rotatable bonds is 8. The van der Waals surface area contributed by atoms with Crippen LogP contribution in [0.4, 0.5) is 4.79 Å². The van der Waals surface area contributed by atoms with Crippen molar-refractivity contribution in [3.8, 4) is 0 Å². The van der Waals surface area contributed by atoms with E-state index in [0.29, 0.717) is 5.56 Å². The van der Waals surface area contributed by atoms with Crippen LogP contribution in [0.2, 0.25) is 0 Å². The van der Waals surface area contributed by atoms with Gasteiger partial charge in [-0.3, -0.25) is 4.79 Å². The number of benzene rings is 2. The predicted octanol–water partition coefficient (Wildman–Crippen LogP) is 3.42. The summed E-state index contributed by atoms with van der Waals surface area (Å²) in [5, 5.41) is 2.28. The lowest BCUT2D eigenvalue weighted by Crippen LogP contribution is -2.44. The minimum atomic E-state index is -0.981. The lowest BCUT2D eigenvalue weighted by Gasteiger charge is -2.16. The van der Waals surface area contributed by atoms with Gasteiger partial charge in [-0.15, -0.1) is 0 Å². The van der Waals surface area contributed by atoms with Gasteiger partial charge in [-0.05, 0) is 12.5 Å². The summed E-state index contributed by atoms with van der Waals surface area (Å²) in [6.07, 6.45) is -0.746. The third-order valence-electron chi connectivity index (χ3n) is 3.47. The molecule has 0 bridgehead atoms. The van der Waals surface area contributed by atoms with Crippen molar-refractivity contribution in [3.63, 3.8) is 0 Å². The second-order valence-electron chi connectivity index (χ2n) is 5.48. The molecule has 0 aliphatic carbocycles. The average Bonchev–Trinajstić information content (AvgIpc) is 2.71. The smallest absolute Gasteiger partial charge is 0.408 e. The zero-order valence-electron chi connectivity index (χ0n) is 14.9. The molecule has 2 aromatic rings. The maximum atomic E-state index is 12.2. The molecule has 0 saturated heterocycles. The number of esters is 1. The molecule has 0 aliphatic heterocycles. The third-order valence-corrected chi connectivity index (χ3v) is 4.46. The highest BCUT2D eigenvalue weighted by Gasteiger charge is 2.24. The van der Waals surface area contributed by atoms with E-state index in [4.69, 9.17) is 9.47 Å². The van der Waals surface area contributed by atoms with Crippen molar-refractivity contribution in [2.45, 2.75) is 19.6 Å². The lowest BCUT2D eigenvalue weighted by atomic mass is 10.2. The summed E-state index contributed by atoms with van der Waals surface area (Å²) < 4.78 is 10.1. The van der Waals surface area contributed by atoms with Gasteiger partial charge in [0.2, 0.25) is 5.12 Å². The Morgan fingerprint density at radius 1 is 0.963 bits per heavy atom. The van der Waals surface area contributed by atoms with Gasteiger partial charge in [-0.1, -0.05) is 72.4 Å². The van der Waals surface area contributed by atoms with E-state index in [2.05, 4.69) is 5.32 Å². The Morgan fingerprint density at radius 2 is 1.59 bits per heavy atom. The molecule has 0 fully saturated rings. The second kappa shape index (κ2) is 11.0. The molecule has 0 spiro atoms. The fourth-order valence-electron chi connectivity index (χ4n) is 2.14. The van der Waals surface area contributed by atoms with Crippen LogP contribution in [0, 0.1) is 0 Å². The Hall–Kier alpha value is -2.80. The minimum absolute atomic E-state index is 0.0486. The molecule has 2 rings (SSSR count). The van der Waals surface area contributed by atoms with E-state index in [0.717, 1.165) is 17.3 Å². The molecule has 0 saturated carbocycles. The minimum Gasteiger partial charge on any atom is -0.464 e. The fraction of sp³-hybridized carbons (Fsp3) is 0.250. The zero-order chi connectivity index (χ0) is 19.5. The predicted molar refractivity (Wildman–Crippen MR) is 103 cm³/mol. The SMILES string of the molecule is CCOC(=O)[C@@H](CSC(=O)c1ccccc1)NC(=O)OCc1ccccc1. The standard InChI is InChI=1S/C20H21NO5S/c1-2-25-18(22)17(14-27-19(23)16-11-7-4-8-12-16)21-20(24)26-13-15-9-5-3-6-10-15/h3-12,17H,2,13-14H2,1H3,(H,21,24)/t17-/m1/s1. The first-order valence-electron chi connectivity index (χ1n) is 8.46. The van der Waals surface area contributed by atoms with Gasteiger partial charge in [0.05, 0.1) is 6.61 Å². The molecule has 0 heterocycles. The maximum Gasteiger partial charge on any atom is 0.408 e. The van der Waals surface area contributed by atoms with Gasteiger partial charge in [0.15, 0.2) is 0 Å². The molecule has 0 aliphatic rings. The quantitative estimate of drug-likeness (QED) is 0.699. The van der Waals surface area contributed by atoms with Gasteiger partial charge >= 0.3 is 12.1 Å². The molecule has 0 radical (unpaired) electrons. The van der Waals surface area contributed by atoms with Gasteiger partial charge in [0, 0.05) is 11.3 Å². The molecule has 1 N–H and O–H groups in total. The van der Waals surface area contributed by atoms with Crippen LogP contribution in [0.25, 0.3) is 0 Å². The van der Waals surface area contributed by atoms with Crippen molar-refractivity contribution in [2.24, 2.45) is 0 Å². The number of nitrogens with one attached hydrogen (secondary N) is 1. The van der Waals surface area contributed by atoms with E-state index in [1.165, 1.54) is 0 Å². The number of ether oxygens (including phenoxy) is 2. The van der Waals surface area contributed by atoms with Gasteiger partial charge in [-0.25, -0.2) is 9.59 Å². The van der Waals surface area contributed by atoms with Crippen molar-refractivity contribution in [1.82, 2.24) is 5.32 Å². The molecule has 0 aromatic heterocycles. The largest absolute Gasteiger partial charge is 0.464 e. The highest BCUT2D eigenvalue weighted by atomic mass is 32.2. The van der Waals surface area contributed by atoms with Crippen LogP contribution in [-0.2, 0) is 20.9 Å². The Labute approximate surface area is 162 Å². The average molecular weight is 387 g/mol. The summed E-state index contributed by atoms with van der Waals surface area (Å²) in [5.41, 5.74) is 1.35. The number of hydrogen-bond acceptors (Lipinski definition) is 6. The van der Waals surface area contributed by atoms with Crippen LogP contribution < -0.4 is 5.32 Å². The van der Waals surface area contributed by atoms with Crippen LogP contribution >= 0.6 is 11.8 Å². The molecule has 0 unspecified atom stereocenters. The van der Waals surface area contributed by atoms with Gasteiger partial charge in [0.25, 0.3) is 0 Å². The van der Waals surface area contributed by atoms with E-state index >= 15 is 0 Å². The Bertz CT molecular complexity index is 751. The molecular weight excluding hydrogens is 366 g/mol. The molecular formula is C20H21NO5S. The van der Waals surface area contributed by atoms with Crippen LogP contribution in [-0.4, -0.2) is 35.6 Å². The fourth-order valence-corrected chi connectivity index (χ4v) is 2.98. The van der Waals surface area contributed by atoms with E-state index in [1.54, 1.807) is 31.2 Å². The monoisotopic (exact) mass is 387 g/mol. The summed E-state index contributed by atoms with van der Waals surface area (Å²) in [7, 11) is 0. The maximum absolute atomic E-state index is 12.2. The van der Waals surface area contributed by atoms with Crippen molar-refractivity contribution in [1.29, 1.82) is 0 Å². The van der Waals surface area contributed by atoms with Crippen molar-refractivity contribution in [3.05, 3.63) is 71.8 Å². The molecule has 142 valence electrons. The van der Waals surface area contributed by atoms with Crippen molar-refractivity contribution >= 4 is 28.9 Å². The van der Waals surface area contributed by atoms with Gasteiger partial charge in [0.1, 0.15) is 12.6 Å². The molecule has 1 atom stereocenters. The van der Waals surface area contributed by atoms with E-state index < -0.39 is 18.1 Å². The summed E-state index contributed by atoms with van der Waals surface area (Å²) in [4.78, 5) is 36.3. The van der Waals surface area contributed by atoms with Crippen molar-refractivity contribution in [2.75, 3.05) is 12.4 Å². The van der Waals surface area contributed by atoms with Crippen LogP contribution in [0.1, 0.15) is 22.8 Å². The Balaban J connectivity index is 1.90. The number of carbonyl (C=O) groups is 3. The number of thioether (sulfide) groups is 1. The topological polar surface area (TPSA) is 81.7 Å². The first-order chi connectivity index (χ1) is 13.1. The molecule has 6 nitrogen and oxygen atoms in total. The van der Waals surface area contributed by atoms with Gasteiger partial charge < -0.3 is 14.8 Å². The number of amides is 1. The molecule has 2 aromatic carbocycles. The summed E-state index contributed by atoms with van der Waals surface area (Å²) in [6.45, 7) is 1.93. The van der Waals surface area contributed by atoms with Crippen LogP contribution in [0.15, 0.2) is 60.7 Å². The van der Waals surface area contributed by atoms with E-state index in [-0.39, 0.29) is 24.1 Å². The summed E-state index contributed by atoms with van der Waals surface area (Å²) in [6, 6.07) is 16.9. The first-order valence-corrected chi connectivity index (χ1v) is 9.44. The molecule has 7 heteroatoms. The lowest BCUT2D eigenvalue weighted by molar-refractivity contribution is -0.144. The van der Waals surface area contributed by atoms with E-state index in [1.807, 2.05) is 36.4 Å². The highest BCUT2D eigenvalue weighted by Crippen LogP contribution is 2.14. The number of hydrogen-bond donors (Lipinski definition) is 1. The summed E-state index contributed by atoms with van der Waals surface area (Å²) in [5.74, 6) is -0.560.